The van der Waals surface area contributed by atoms with Gasteiger partial charge >= 0.3 is 26.0 Å². The zero-order chi connectivity index (χ0) is 30.7. The second kappa shape index (κ2) is 20.3. The van der Waals surface area contributed by atoms with Gasteiger partial charge in [-0.25, -0.2) is 23.2 Å². The van der Waals surface area contributed by atoms with Gasteiger partial charge in [0.2, 0.25) is 18.5 Å². The Labute approximate surface area is 237 Å². The molecule has 0 aromatic carbocycles. The molecule has 0 spiro atoms. The maximum Gasteiger partial charge on any atom is 0.510 e. The van der Waals surface area contributed by atoms with Crippen molar-refractivity contribution < 1.29 is 51.7 Å². The van der Waals surface area contributed by atoms with Crippen LogP contribution in [0.3, 0.4) is 0 Å². The summed E-state index contributed by atoms with van der Waals surface area (Å²) in [6.07, 6.45) is -2.30. The smallest absolute Gasteiger partial charge is 0.464 e. The van der Waals surface area contributed by atoms with Gasteiger partial charge in [0.1, 0.15) is 6.54 Å². The van der Waals surface area contributed by atoms with Crippen LogP contribution in [0.4, 0.5) is 9.59 Å². The van der Waals surface area contributed by atoms with Crippen molar-refractivity contribution in [2.75, 3.05) is 33.4 Å². The van der Waals surface area contributed by atoms with E-state index < -0.39 is 56.4 Å². The quantitative estimate of drug-likeness (QED) is 0.0514. The third-order valence-electron chi connectivity index (χ3n) is 5.41. The van der Waals surface area contributed by atoms with Gasteiger partial charge in [0.25, 0.3) is 0 Å². The minimum absolute atomic E-state index is 0.105. The van der Waals surface area contributed by atoms with Crippen LogP contribution in [-0.2, 0) is 42.1 Å². The first-order chi connectivity index (χ1) is 18.9. The molecule has 40 heavy (non-hydrogen) atoms. The molecule has 0 aliphatic rings. The number of carbonyl (C=O) groups is 3. The molecule has 0 bridgehead atoms. The van der Waals surface area contributed by atoms with E-state index >= 15 is 0 Å². The van der Waals surface area contributed by atoms with Crippen molar-refractivity contribution in [3.8, 4) is 0 Å². The van der Waals surface area contributed by atoms with Crippen LogP contribution in [0.5, 0.6) is 0 Å². The molecule has 0 aliphatic heterocycles. The van der Waals surface area contributed by atoms with E-state index in [0.717, 1.165) is 0 Å². The minimum atomic E-state index is -4.70. The molecule has 0 saturated carbocycles. The Kier molecular flexibility index (Phi) is 19.0. The fourth-order valence-electron chi connectivity index (χ4n) is 2.57. The van der Waals surface area contributed by atoms with E-state index in [0.29, 0.717) is 32.1 Å². The zero-order valence-electron chi connectivity index (χ0n) is 25.1. The molecule has 234 valence electrons. The number of carbonyl (C=O) groups excluding carboxylic acids is 3. The monoisotopic (exact) mass is 597 g/mol. The van der Waals surface area contributed by atoms with E-state index in [1.165, 1.54) is 11.9 Å². The Hall–Kier alpha value is -2.57. The summed E-state index contributed by atoms with van der Waals surface area (Å²) in [7, 11) is -3.28. The first-order valence-corrected chi connectivity index (χ1v) is 15.2. The summed E-state index contributed by atoms with van der Waals surface area (Å²) < 4.78 is 55.0. The summed E-state index contributed by atoms with van der Waals surface area (Å²) in [6, 6.07) is 0. The maximum absolute atomic E-state index is 14.1. The summed E-state index contributed by atoms with van der Waals surface area (Å²) in [5.41, 5.74) is 6.05. The average Bonchev–Trinajstić information content (AvgIpc) is 2.91. The average molecular weight is 598 g/mol. The lowest BCUT2D eigenvalue weighted by Gasteiger charge is -2.29. The van der Waals surface area contributed by atoms with Crippen LogP contribution in [0.25, 0.3) is 0 Å². The first-order valence-electron chi connectivity index (χ1n) is 13.7. The van der Waals surface area contributed by atoms with E-state index in [9.17, 15) is 18.9 Å². The summed E-state index contributed by atoms with van der Waals surface area (Å²) >= 11 is 0. The maximum atomic E-state index is 14.1. The van der Waals surface area contributed by atoms with Crippen LogP contribution < -0.4 is 5.73 Å². The van der Waals surface area contributed by atoms with Gasteiger partial charge in [-0.2, -0.15) is 0 Å². The fraction of sp³-hybridized carbons (Fsp3) is 0.840. The third-order valence-corrected chi connectivity index (χ3v) is 6.81. The van der Waals surface area contributed by atoms with Crippen molar-refractivity contribution in [3.63, 3.8) is 0 Å². The van der Waals surface area contributed by atoms with Gasteiger partial charge < -0.3 is 34.3 Å². The van der Waals surface area contributed by atoms with Gasteiger partial charge in [0, 0.05) is 18.9 Å². The number of nitrogens with two attached hydrogens (primary N) is 1. The van der Waals surface area contributed by atoms with Crippen molar-refractivity contribution in [3.05, 3.63) is 0 Å². The summed E-state index contributed by atoms with van der Waals surface area (Å²) in [5.74, 6) is -1.95. The number of rotatable bonds is 19. The van der Waals surface area contributed by atoms with Gasteiger partial charge in [-0.1, -0.05) is 48.5 Å². The number of likely N-dealkylation sites (N-methyl/N-ethyl adjacent to an activating group) is 1. The lowest BCUT2D eigenvalue weighted by molar-refractivity contribution is -0.143. The number of hydrogen-bond donors (Lipinski definition) is 1. The number of hydrogen-bond acceptors (Lipinski definition) is 11. The second-order valence-corrected chi connectivity index (χ2v) is 10.7. The summed E-state index contributed by atoms with van der Waals surface area (Å²) in [5, 5.41) is 0. The van der Waals surface area contributed by atoms with E-state index in [4.69, 9.17) is 38.5 Å². The molecule has 2 N–H and O–H groups in total. The van der Waals surface area contributed by atoms with Crippen LogP contribution in [0, 0.1) is 11.8 Å². The molecule has 4 unspecified atom stereocenters. The Morgan fingerprint density at radius 3 is 1.55 bits per heavy atom. The second-order valence-electron chi connectivity index (χ2n) is 9.15. The predicted octanol–water partition coefficient (Wildman–Crippen LogP) is 5.20. The van der Waals surface area contributed by atoms with E-state index in [2.05, 4.69) is 4.76 Å². The topological polar surface area (TPSA) is 175 Å². The van der Waals surface area contributed by atoms with Crippen LogP contribution >= 0.6 is 7.75 Å². The number of ether oxygens (including phenoxy) is 5. The highest BCUT2D eigenvalue weighted by atomic mass is 31.2. The van der Waals surface area contributed by atoms with Gasteiger partial charge in [-0.15, -0.1) is 4.76 Å². The molecule has 15 heteroatoms. The Balaban J connectivity index is 6.31. The minimum Gasteiger partial charge on any atom is -0.464 e. The Morgan fingerprint density at radius 2 is 1.18 bits per heavy atom. The van der Waals surface area contributed by atoms with Crippen molar-refractivity contribution in [2.45, 2.75) is 93.2 Å². The molecule has 0 aliphatic carbocycles. The molecule has 0 amide bonds. The SMILES string of the molecule is CCCOC(=O)CN(C)C(N)=NP(=O)(OC(OC(=O)OCCC)C(C)CC)OC(OC(=O)OCCC)C(C)CC. The van der Waals surface area contributed by atoms with Crippen LogP contribution in [0.15, 0.2) is 4.76 Å². The number of esters is 1. The molecule has 14 nitrogen and oxygen atoms in total. The highest BCUT2D eigenvalue weighted by Gasteiger charge is 2.40. The number of nitrogens with zero attached hydrogens (tertiary/aromatic N) is 2. The molecule has 4 atom stereocenters. The molecule has 0 fully saturated rings. The van der Waals surface area contributed by atoms with Crippen molar-refractivity contribution in [1.29, 1.82) is 0 Å². The number of guanidine groups is 1. The van der Waals surface area contributed by atoms with Crippen molar-refractivity contribution >= 4 is 32.0 Å². The normalized spacial score (nSPS) is 16.1. The molecule has 0 aromatic rings. The first kappa shape index (κ1) is 37.4. The standard InChI is InChI=1S/C25H48N3O11P/c1-9-14-33-20(29)17-28(8)23(26)27-40(32,38-21(18(6)12-4)36-24(30)34-15-10-2)39-22(19(7)13-5)37-25(31)35-16-11-3/h18-19,21-22H,9-17H2,1-8H3,(H2,26,27,32). The molecule has 0 saturated heterocycles. The van der Waals surface area contributed by atoms with Gasteiger partial charge in [-0.05, 0) is 32.1 Å². The van der Waals surface area contributed by atoms with Gasteiger partial charge in [0.05, 0.1) is 19.8 Å². The lowest BCUT2D eigenvalue weighted by Crippen LogP contribution is -2.39. The Bertz CT molecular complexity index is 801. The van der Waals surface area contributed by atoms with Crippen LogP contribution in [0.1, 0.15) is 80.6 Å². The summed E-state index contributed by atoms with van der Waals surface area (Å²) in [6.45, 7) is 12.6. The highest BCUT2D eigenvalue weighted by Crippen LogP contribution is 2.54. The van der Waals surface area contributed by atoms with E-state index in [1.807, 2.05) is 20.8 Å². The third kappa shape index (κ3) is 15.3. The molecule has 0 heterocycles. The lowest BCUT2D eigenvalue weighted by atomic mass is 10.1. The molecular formula is C25H48N3O11P. The molecule has 0 rings (SSSR count). The van der Waals surface area contributed by atoms with Gasteiger partial charge in [0.15, 0.2) is 0 Å². The van der Waals surface area contributed by atoms with Crippen molar-refractivity contribution in [2.24, 2.45) is 22.3 Å². The molecular weight excluding hydrogens is 549 g/mol. The van der Waals surface area contributed by atoms with Crippen LogP contribution in [0.2, 0.25) is 0 Å². The highest BCUT2D eigenvalue weighted by molar-refractivity contribution is 7.52. The molecule has 0 radical (unpaired) electrons. The molecule has 0 aromatic heterocycles. The Morgan fingerprint density at radius 1 is 0.775 bits per heavy atom. The predicted molar refractivity (Wildman–Crippen MR) is 147 cm³/mol. The van der Waals surface area contributed by atoms with Gasteiger partial charge in [-0.3, -0.25) is 4.79 Å². The van der Waals surface area contributed by atoms with E-state index in [1.54, 1.807) is 27.7 Å². The zero-order valence-corrected chi connectivity index (χ0v) is 26.0. The van der Waals surface area contributed by atoms with Crippen molar-refractivity contribution in [1.82, 2.24) is 4.90 Å². The summed E-state index contributed by atoms with van der Waals surface area (Å²) in [4.78, 5) is 37.7. The fourth-order valence-corrected chi connectivity index (χ4v) is 4.14. The van der Waals surface area contributed by atoms with E-state index in [-0.39, 0.29) is 26.4 Å². The largest absolute Gasteiger partial charge is 0.510 e. The van der Waals surface area contributed by atoms with Crippen LogP contribution in [-0.4, -0.2) is 75.1 Å².